The number of aliphatic hydroxyl groups excluding tert-OH is 1. The Morgan fingerprint density at radius 3 is 2.80 bits per heavy atom. The number of hydrogen-bond acceptors (Lipinski definition) is 3. The van der Waals surface area contributed by atoms with Gasteiger partial charge in [-0.3, -0.25) is 4.79 Å². The average molecular weight is 275 g/mol. The van der Waals surface area contributed by atoms with Crippen LogP contribution in [-0.2, 0) is 4.74 Å². The van der Waals surface area contributed by atoms with Gasteiger partial charge in [-0.2, -0.15) is 0 Å². The van der Waals surface area contributed by atoms with Crippen LogP contribution in [0.1, 0.15) is 29.3 Å². The minimum Gasteiger partial charge on any atom is -0.395 e. The topological polar surface area (TPSA) is 49.8 Å². The third-order valence-electron chi connectivity index (χ3n) is 3.01. The Hall–Kier alpha value is -1.83. The summed E-state index contributed by atoms with van der Waals surface area (Å²) in [6, 6.07) is 7.23. The van der Waals surface area contributed by atoms with E-state index in [1.54, 1.807) is 25.1 Å². The molecule has 1 rings (SSSR count). The SMILES string of the molecule is COCC(C)N(C)C(=O)c1ccccc1C#CCCO. The highest BCUT2D eigenvalue weighted by Gasteiger charge is 2.19. The van der Waals surface area contributed by atoms with Gasteiger partial charge in [0, 0.05) is 26.1 Å². The number of benzene rings is 1. The Kier molecular flexibility index (Phi) is 6.78. The number of aliphatic hydroxyl groups is 1. The van der Waals surface area contributed by atoms with Gasteiger partial charge >= 0.3 is 0 Å². The minimum absolute atomic E-state index is 0.00837. The molecule has 1 N–H and O–H groups in total. The summed E-state index contributed by atoms with van der Waals surface area (Å²) in [5.74, 6) is 5.70. The van der Waals surface area contributed by atoms with Crippen LogP contribution >= 0.6 is 0 Å². The number of carbonyl (C=O) groups excluding carboxylic acids is 1. The molecule has 0 aromatic heterocycles. The van der Waals surface area contributed by atoms with Gasteiger partial charge in [0.2, 0.25) is 0 Å². The standard InChI is InChI=1S/C16H21NO3/c1-13(12-20-3)17(2)16(19)15-10-5-4-8-14(15)9-6-7-11-18/h4-5,8,10,13,18H,7,11-12H2,1-3H3. The summed E-state index contributed by atoms with van der Waals surface area (Å²) in [6.07, 6.45) is 0.401. The van der Waals surface area contributed by atoms with E-state index >= 15 is 0 Å². The fraction of sp³-hybridized carbons (Fsp3) is 0.438. The molecule has 0 aliphatic rings. The number of carbonyl (C=O) groups is 1. The molecule has 0 fully saturated rings. The predicted octanol–water partition coefficient (Wildman–Crippen LogP) is 1.53. The fourth-order valence-electron chi connectivity index (χ4n) is 1.74. The van der Waals surface area contributed by atoms with E-state index in [1.807, 2.05) is 25.1 Å². The van der Waals surface area contributed by atoms with Crippen LogP contribution in [0.2, 0.25) is 0 Å². The third kappa shape index (κ3) is 4.37. The van der Waals surface area contributed by atoms with Gasteiger partial charge in [0.25, 0.3) is 5.91 Å². The Labute approximate surface area is 120 Å². The summed E-state index contributed by atoms with van der Waals surface area (Å²) in [5, 5.41) is 8.75. The van der Waals surface area contributed by atoms with Gasteiger partial charge in [-0.25, -0.2) is 0 Å². The summed E-state index contributed by atoms with van der Waals surface area (Å²) in [7, 11) is 3.37. The zero-order valence-corrected chi connectivity index (χ0v) is 12.2. The van der Waals surface area contributed by atoms with Crippen molar-refractivity contribution in [2.45, 2.75) is 19.4 Å². The normalized spacial score (nSPS) is 11.4. The fourth-order valence-corrected chi connectivity index (χ4v) is 1.74. The Morgan fingerprint density at radius 1 is 1.45 bits per heavy atom. The lowest BCUT2D eigenvalue weighted by molar-refractivity contribution is 0.0633. The van der Waals surface area contributed by atoms with E-state index in [0.29, 0.717) is 24.2 Å². The zero-order chi connectivity index (χ0) is 15.0. The molecular formula is C16H21NO3. The van der Waals surface area contributed by atoms with E-state index in [9.17, 15) is 4.79 Å². The third-order valence-corrected chi connectivity index (χ3v) is 3.01. The molecule has 0 bridgehead atoms. The summed E-state index contributed by atoms with van der Waals surface area (Å²) < 4.78 is 5.07. The molecule has 0 saturated heterocycles. The summed E-state index contributed by atoms with van der Waals surface area (Å²) >= 11 is 0. The molecule has 108 valence electrons. The summed E-state index contributed by atoms with van der Waals surface area (Å²) in [5.41, 5.74) is 1.26. The molecule has 1 aromatic carbocycles. The second-order valence-corrected chi connectivity index (χ2v) is 4.54. The lowest BCUT2D eigenvalue weighted by atomic mass is 10.1. The molecule has 1 aromatic rings. The Bertz CT molecular complexity index is 502. The molecule has 0 aliphatic heterocycles. The Morgan fingerprint density at radius 2 is 2.15 bits per heavy atom. The van der Waals surface area contributed by atoms with E-state index in [1.165, 1.54) is 0 Å². The largest absolute Gasteiger partial charge is 0.395 e. The second-order valence-electron chi connectivity index (χ2n) is 4.54. The molecule has 0 saturated carbocycles. The number of ether oxygens (including phenoxy) is 1. The number of nitrogens with zero attached hydrogens (tertiary/aromatic N) is 1. The van der Waals surface area contributed by atoms with Gasteiger partial charge in [-0.15, -0.1) is 0 Å². The molecule has 1 unspecified atom stereocenters. The molecule has 0 aliphatic carbocycles. The van der Waals surface area contributed by atoms with Gasteiger partial charge in [0.05, 0.1) is 24.8 Å². The van der Waals surface area contributed by atoms with Gasteiger partial charge in [0.1, 0.15) is 0 Å². The number of rotatable bonds is 5. The number of methoxy groups -OCH3 is 1. The quantitative estimate of drug-likeness (QED) is 0.829. The van der Waals surface area contributed by atoms with Gasteiger partial charge < -0.3 is 14.7 Å². The lowest BCUT2D eigenvalue weighted by Gasteiger charge is -2.24. The maximum absolute atomic E-state index is 12.5. The first kappa shape index (κ1) is 16.2. The summed E-state index contributed by atoms with van der Waals surface area (Å²) in [4.78, 5) is 14.1. The van der Waals surface area contributed by atoms with Crippen molar-refractivity contribution in [1.82, 2.24) is 4.90 Å². The highest BCUT2D eigenvalue weighted by atomic mass is 16.5. The van der Waals surface area contributed by atoms with Crippen molar-refractivity contribution in [3.63, 3.8) is 0 Å². The van der Waals surface area contributed by atoms with Crippen LogP contribution in [0.5, 0.6) is 0 Å². The second kappa shape index (κ2) is 8.36. The minimum atomic E-state index is -0.0801. The van der Waals surface area contributed by atoms with Gasteiger partial charge in [-0.05, 0) is 19.1 Å². The van der Waals surface area contributed by atoms with Crippen molar-refractivity contribution < 1.29 is 14.6 Å². The molecule has 1 amide bonds. The molecule has 0 radical (unpaired) electrons. The molecule has 20 heavy (non-hydrogen) atoms. The molecule has 0 heterocycles. The van der Waals surface area contributed by atoms with Crippen LogP contribution in [0, 0.1) is 11.8 Å². The number of likely N-dealkylation sites (N-methyl/N-ethyl adjacent to an activating group) is 1. The van der Waals surface area contributed by atoms with E-state index in [2.05, 4.69) is 11.8 Å². The van der Waals surface area contributed by atoms with Crippen LogP contribution in [0.15, 0.2) is 24.3 Å². The van der Waals surface area contributed by atoms with Crippen molar-refractivity contribution >= 4 is 5.91 Å². The van der Waals surface area contributed by atoms with E-state index in [0.717, 1.165) is 0 Å². The van der Waals surface area contributed by atoms with Crippen molar-refractivity contribution in [3.8, 4) is 11.8 Å². The maximum Gasteiger partial charge on any atom is 0.255 e. The Balaban J connectivity index is 2.96. The highest BCUT2D eigenvalue weighted by Crippen LogP contribution is 2.12. The monoisotopic (exact) mass is 275 g/mol. The van der Waals surface area contributed by atoms with Gasteiger partial charge in [-0.1, -0.05) is 24.0 Å². The van der Waals surface area contributed by atoms with E-state index < -0.39 is 0 Å². The predicted molar refractivity (Wildman–Crippen MR) is 78.5 cm³/mol. The van der Waals surface area contributed by atoms with Gasteiger partial charge in [0.15, 0.2) is 0 Å². The highest BCUT2D eigenvalue weighted by molar-refractivity contribution is 5.96. The van der Waals surface area contributed by atoms with Crippen molar-refractivity contribution in [2.75, 3.05) is 27.4 Å². The summed E-state index contributed by atoms with van der Waals surface area (Å²) in [6.45, 7) is 2.44. The van der Waals surface area contributed by atoms with Crippen LogP contribution in [-0.4, -0.2) is 49.3 Å². The van der Waals surface area contributed by atoms with Crippen molar-refractivity contribution in [1.29, 1.82) is 0 Å². The first-order valence-electron chi connectivity index (χ1n) is 6.56. The molecule has 0 spiro atoms. The van der Waals surface area contributed by atoms with Crippen molar-refractivity contribution in [2.24, 2.45) is 0 Å². The van der Waals surface area contributed by atoms with Crippen LogP contribution in [0.3, 0.4) is 0 Å². The van der Waals surface area contributed by atoms with Crippen molar-refractivity contribution in [3.05, 3.63) is 35.4 Å². The van der Waals surface area contributed by atoms with E-state index in [4.69, 9.17) is 9.84 Å². The van der Waals surface area contributed by atoms with Crippen LogP contribution in [0.4, 0.5) is 0 Å². The molecule has 4 heteroatoms. The first-order valence-corrected chi connectivity index (χ1v) is 6.56. The molecular weight excluding hydrogens is 254 g/mol. The smallest absolute Gasteiger partial charge is 0.255 e. The number of hydrogen-bond donors (Lipinski definition) is 1. The molecule has 1 atom stereocenters. The van der Waals surface area contributed by atoms with Crippen LogP contribution in [0.25, 0.3) is 0 Å². The van der Waals surface area contributed by atoms with E-state index in [-0.39, 0.29) is 18.6 Å². The molecule has 4 nitrogen and oxygen atoms in total. The number of amides is 1. The first-order chi connectivity index (χ1) is 9.61. The lowest BCUT2D eigenvalue weighted by Crippen LogP contribution is -2.38. The average Bonchev–Trinajstić information content (AvgIpc) is 2.47. The maximum atomic E-state index is 12.5. The zero-order valence-electron chi connectivity index (χ0n) is 12.2. The van der Waals surface area contributed by atoms with Crippen LogP contribution < -0.4 is 0 Å².